The fourth-order valence-electron chi connectivity index (χ4n) is 2.45. The standard InChI is InChI=1S/C8H13FN2O4S/c9-6-4-11(16(10,14)15)2-1-8(6)3-5(8)7(12)13/h5-6H,1-4H2,(H,12,13)(H2,10,14,15). The first-order chi connectivity index (χ1) is 7.27. The number of carboxylic acids is 1. The lowest BCUT2D eigenvalue weighted by Gasteiger charge is -2.33. The molecule has 0 bridgehead atoms. The summed E-state index contributed by atoms with van der Waals surface area (Å²) in [5.74, 6) is -1.68. The van der Waals surface area contributed by atoms with E-state index >= 15 is 0 Å². The molecule has 2 fully saturated rings. The number of piperidine rings is 1. The van der Waals surface area contributed by atoms with Crippen LogP contribution in [0.3, 0.4) is 0 Å². The molecule has 3 atom stereocenters. The van der Waals surface area contributed by atoms with E-state index in [9.17, 15) is 17.6 Å². The van der Waals surface area contributed by atoms with Crippen molar-refractivity contribution in [3.63, 3.8) is 0 Å². The van der Waals surface area contributed by atoms with E-state index in [1.165, 1.54) is 0 Å². The summed E-state index contributed by atoms with van der Waals surface area (Å²) in [5, 5.41) is 13.7. The number of hydrogen-bond donors (Lipinski definition) is 2. The van der Waals surface area contributed by atoms with E-state index in [2.05, 4.69) is 0 Å². The lowest BCUT2D eigenvalue weighted by atomic mass is 9.90. The summed E-state index contributed by atoms with van der Waals surface area (Å²) in [7, 11) is -3.87. The maximum atomic E-state index is 13.8. The van der Waals surface area contributed by atoms with E-state index in [0.717, 1.165) is 4.31 Å². The van der Waals surface area contributed by atoms with Crippen molar-refractivity contribution in [3.05, 3.63) is 0 Å². The van der Waals surface area contributed by atoms with Crippen molar-refractivity contribution in [1.82, 2.24) is 4.31 Å². The number of rotatable bonds is 2. The quantitative estimate of drug-likeness (QED) is 0.680. The van der Waals surface area contributed by atoms with Gasteiger partial charge in [0, 0.05) is 18.5 Å². The lowest BCUT2D eigenvalue weighted by molar-refractivity contribution is -0.140. The molecule has 0 radical (unpaired) electrons. The van der Waals surface area contributed by atoms with Crippen LogP contribution >= 0.6 is 0 Å². The van der Waals surface area contributed by atoms with Gasteiger partial charge in [-0.05, 0) is 12.8 Å². The van der Waals surface area contributed by atoms with Gasteiger partial charge in [-0.25, -0.2) is 9.53 Å². The average Bonchev–Trinajstić information content (AvgIpc) is 2.84. The van der Waals surface area contributed by atoms with Crippen LogP contribution in [0.1, 0.15) is 12.8 Å². The highest BCUT2D eigenvalue weighted by Crippen LogP contribution is 2.60. The first kappa shape index (κ1) is 11.7. The Morgan fingerprint density at radius 3 is 2.56 bits per heavy atom. The van der Waals surface area contributed by atoms with Crippen molar-refractivity contribution >= 4 is 16.2 Å². The molecule has 2 rings (SSSR count). The second-order valence-electron chi connectivity index (χ2n) is 4.45. The first-order valence-corrected chi connectivity index (χ1v) is 6.42. The highest BCUT2D eigenvalue weighted by Gasteiger charge is 2.65. The van der Waals surface area contributed by atoms with Gasteiger partial charge in [0.2, 0.25) is 0 Å². The summed E-state index contributed by atoms with van der Waals surface area (Å²) in [6, 6.07) is 0. The Labute approximate surface area is 92.4 Å². The number of carboxylic acid groups (broad SMARTS) is 1. The van der Waals surface area contributed by atoms with E-state index in [-0.39, 0.29) is 19.5 Å². The molecule has 0 aromatic carbocycles. The Hall–Kier alpha value is -0.730. The zero-order chi connectivity index (χ0) is 12.1. The predicted octanol–water partition coefficient (Wildman–Crippen LogP) is -0.675. The van der Waals surface area contributed by atoms with Gasteiger partial charge in [0.15, 0.2) is 0 Å². The fraction of sp³-hybridized carbons (Fsp3) is 0.875. The van der Waals surface area contributed by atoms with Gasteiger partial charge in [0.05, 0.1) is 5.92 Å². The molecule has 16 heavy (non-hydrogen) atoms. The van der Waals surface area contributed by atoms with Gasteiger partial charge < -0.3 is 5.11 Å². The molecule has 1 aliphatic carbocycles. The van der Waals surface area contributed by atoms with Crippen LogP contribution in [0.2, 0.25) is 0 Å². The molecular weight excluding hydrogens is 239 g/mol. The molecule has 1 saturated heterocycles. The molecule has 0 aromatic heterocycles. The molecule has 6 nitrogen and oxygen atoms in total. The summed E-state index contributed by atoms with van der Waals surface area (Å²) in [5.41, 5.74) is -0.854. The number of halogens is 1. The summed E-state index contributed by atoms with van der Waals surface area (Å²) < 4.78 is 36.6. The number of alkyl halides is 1. The summed E-state index contributed by atoms with van der Waals surface area (Å²) in [6.07, 6.45) is -0.926. The zero-order valence-corrected chi connectivity index (χ0v) is 9.28. The number of hydrogen-bond acceptors (Lipinski definition) is 3. The van der Waals surface area contributed by atoms with Gasteiger partial charge in [-0.1, -0.05) is 0 Å². The van der Waals surface area contributed by atoms with Gasteiger partial charge in [-0.2, -0.15) is 12.7 Å². The van der Waals surface area contributed by atoms with Crippen LogP contribution in [0.15, 0.2) is 0 Å². The maximum absolute atomic E-state index is 13.8. The molecule has 0 amide bonds. The third-order valence-corrected chi connectivity index (χ3v) is 4.64. The Kier molecular flexibility index (Phi) is 2.48. The van der Waals surface area contributed by atoms with E-state index in [0.29, 0.717) is 6.42 Å². The van der Waals surface area contributed by atoms with Gasteiger partial charge in [0.1, 0.15) is 6.17 Å². The van der Waals surface area contributed by atoms with Crippen LogP contribution in [0.4, 0.5) is 4.39 Å². The second kappa shape index (κ2) is 3.38. The van der Waals surface area contributed by atoms with Crippen molar-refractivity contribution in [1.29, 1.82) is 0 Å². The Bertz CT molecular complexity index is 426. The third kappa shape index (κ3) is 1.70. The first-order valence-electron chi connectivity index (χ1n) is 4.92. The molecular formula is C8H13FN2O4S. The van der Waals surface area contributed by atoms with Crippen LogP contribution in [-0.4, -0.2) is 43.1 Å². The number of nitrogens with two attached hydrogens (primary N) is 1. The average molecular weight is 252 g/mol. The Balaban J connectivity index is 2.09. The normalized spacial score (nSPS) is 39.9. The highest BCUT2D eigenvalue weighted by atomic mass is 32.2. The molecule has 8 heteroatoms. The molecule has 1 aliphatic heterocycles. The SMILES string of the molecule is NS(=O)(=O)N1CCC2(CC2C(=O)O)C(F)C1. The monoisotopic (exact) mass is 252 g/mol. The number of nitrogens with zero attached hydrogens (tertiary/aromatic N) is 1. The summed E-state index contributed by atoms with van der Waals surface area (Å²) in [6.45, 7) is -0.231. The molecule has 92 valence electrons. The van der Waals surface area contributed by atoms with Crippen molar-refractivity contribution in [2.24, 2.45) is 16.5 Å². The largest absolute Gasteiger partial charge is 0.481 e. The number of carbonyl (C=O) groups is 1. The van der Waals surface area contributed by atoms with E-state index in [4.69, 9.17) is 10.2 Å². The minimum Gasteiger partial charge on any atom is -0.481 e. The van der Waals surface area contributed by atoms with E-state index in [1.54, 1.807) is 0 Å². The van der Waals surface area contributed by atoms with Crippen LogP contribution in [0, 0.1) is 11.3 Å². The van der Waals surface area contributed by atoms with Crippen molar-refractivity contribution in [2.75, 3.05) is 13.1 Å². The molecule has 1 heterocycles. The molecule has 3 N–H and O–H groups in total. The predicted molar refractivity (Wildman–Crippen MR) is 52.4 cm³/mol. The smallest absolute Gasteiger partial charge is 0.307 e. The minimum absolute atomic E-state index is 0.100. The van der Waals surface area contributed by atoms with Crippen molar-refractivity contribution in [3.8, 4) is 0 Å². The number of aliphatic carboxylic acids is 1. The molecule has 2 aliphatic rings. The minimum atomic E-state index is -3.87. The maximum Gasteiger partial charge on any atom is 0.307 e. The van der Waals surface area contributed by atoms with Crippen LogP contribution in [-0.2, 0) is 15.0 Å². The molecule has 0 aromatic rings. The molecule has 1 saturated carbocycles. The zero-order valence-electron chi connectivity index (χ0n) is 8.47. The van der Waals surface area contributed by atoms with Gasteiger partial charge >= 0.3 is 5.97 Å². The van der Waals surface area contributed by atoms with Crippen LogP contribution in [0.5, 0.6) is 0 Å². The lowest BCUT2D eigenvalue weighted by Crippen LogP contribution is -2.49. The van der Waals surface area contributed by atoms with Gasteiger partial charge in [-0.3, -0.25) is 4.79 Å². The van der Waals surface area contributed by atoms with E-state index < -0.39 is 33.7 Å². The second-order valence-corrected chi connectivity index (χ2v) is 5.99. The fourth-order valence-corrected chi connectivity index (χ4v) is 3.13. The van der Waals surface area contributed by atoms with E-state index in [1.807, 2.05) is 0 Å². The summed E-state index contributed by atoms with van der Waals surface area (Å²) >= 11 is 0. The van der Waals surface area contributed by atoms with Gasteiger partial charge in [0.25, 0.3) is 10.2 Å². The van der Waals surface area contributed by atoms with Crippen molar-refractivity contribution < 1.29 is 22.7 Å². The summed E-state index contributed by atoms with van der Waals surface area (Å²) in [4.78, 5) is 10.7. The van der Waals surface area contributed by atoms with Gasteiger partial charge in [-0.15, -0.1) is 0 Å². The molecule has 3 unspecified atom stereocenters. The molecule has 1 spiro atoms. The van der Waals surface area contributed by atoms with Crippen LogP contribution < -0.4 is 5.14 Å². The Morgan fingerprint density at radius 1 is 1.56 bits per heavy atom. The Morgan fingerprint density at radius 2 is 2.19 bits per heavy atom. The van der Waals surface area contributed by atoms with Crippen LogP contribution in [0.25, 0.3) is 0 Å². The highest BCUT2D eigenvalue weighted by molar-refractivity contribution is 7.86. The van der Waals surface area contributed by atoms with Crippen molar-refractivity contribution in [2.45, 2.75) is 19.0 Å². The third-order valence-electron chi connectivity index (χ3n) is 3.59. The topological polar surface area (TPSA) is 101 Å².